The summed E-state index contributed by atoms with van der Waals surface area (Å²) in [5.41, 5.74) is 0.964. The number of hydrogen-bond acceptors (Lipinski definition) is 2. The van der Waals surface area contributed by atoms with Crippen molar-refractivity contribution in [2.75, 3.05) is 6.61 Å². The van der Waals surface area contributed by atoms with Gasteiger partial charge in [-0.25, -0.2) is 0 Å². The van der Waals surface area contributed by atoms with Gasteiger partial charge >= 0.3 is 0 Å². The molecule has 0 amide bonds. The summed E-state index contributed by atoms with van der Waals surface area (Å²) in [5, 5.41) is 9.32. The van der Waals surface area contributed by atoms with Crippen LogP contribution in [0.1, 0.15) is 25.3 Å². The second-order valence-corrected chi connectivity index (χ2v) is 5.06. The summed E-state index contributed by atoms with van der Waals surface area (Å²) >= 11 is 0. The molecule has 0 radical (unpaired) electrons. The van der Waals surface area contributed by atoms with Crippen LogP contribution >= 0.6 is 0 Å². The van der Waals surface area contributed by atoms with Gasteiger partial charge in [0.1, 0.15) is 17.8 Å². The summed E-state index contributed by atoms with van der Waals surface area (Å²) in [4.78, 5) is 0. The van der Waals surface area contributed by atoms with E-state index in [0.717, 1.165) is 5.75 Å². The fraction of sp³-hybridized carbons (Fsp3) is 0.462. The first kappa shape index (κ1) is 8.79. The van der Waals surface area contributed by atoms with Crippen molar-refractivity contribution in [2.24, 2.45) is 10.8 Å². The van der Waals surface area contributed by atoms with E-state index in [4.69, 9.17) is 4.74 Å². The summed E-state index contributed by atoms with van der Waals surface area (Å²) in [6.45, 7) is 4.86. The zero-order valence-electron chi connectivity index (χ0n) is 8.95. The van der Waals surface area contributed by atoms with Crippen molar-refractivity contribution in [3.63, 3.8) is 0 Å². The predicted molar refractivity (Wildman–Crippen MR) is 56.5 cm³/mol. The van der Waals surface area contributed by atoms with Gasteiger partial charge in [-0.05, 0) is 17.0 Å². The second kappa shape index (κ2) is 2.36. The number of para-hydroxylation sites is 1. The Kier molecular flexibility index (Phi) is 1.38. The number of nitrogens with zero attached hydrogens (tertiary/aromatic N) is 1. The molecule has 0 bridgehead atoms. The summed E-state index contributed by atoms with van der Waals surface area (Å²) in [6, 6.07) is 10.5. The average Bonchev–Trinajstić information content (AvgIpc) is 2.77. The Morgan fingerprint density at radius 2 is 2.13 bits per heavy atom. The van der Waals surface area contributed by atoms with Crippen LogP contribution in [0.25, 0.3) is 0 Å². The summed E-state index contributed by atoms with van der Waals surface area (Å²) in [6.07, 6.45) is 0. The van der Waals surface area contributed by atoms with Gasteiger partial charge < -0.3 is 4.74 Å². The maximum Gasteiger partial charge on any atom is 0.122 e. The van der Waals surface area contributed by atoms with Crippen molar-refractivity contribution in [1.82, 2.24) is 0 Å². The highest BCUT2D eigenvalue weighted by Crippen LogP contribution is 2.76. The lowest BCUT2D eigenvalue weighted by molar-refractivity contribution is 0.228. The Hall–Kier alpha value is -1.49. The minimum atomic E-state index is -0.290. The Balaban J connectivity index is 2.17. The van der Waals surface area contributed by atoms with Gasteiger partial charge in [0.2, 0.25) is 0 Å². The van der Waals surface area contributed by atoms with Crippen molar-refractivity contribution >= 4 is 0 Å². The van der Waals surface area contributed by atoms with Gasteiger partial charge in [-0.2, -0.15) is 5.26 Å². The molecule has 1 aromatic rings. The highest BCUT2D eigenvalue weighted by Gasteiger charge is 2.74. The number of benzene rings is 1. The zero-order valence-corrected chi connectivity index (χ0v) is 8.95. The largest absolute Gasteiger partial charge is 0.492 e. The molecule has 3 rings (SSSR count). The van der Waals surface area contributed by atoms with Crippen molar-refractivity contribution < 1.29 is 4.74 Å². The van der Waals surface area contributed by atoms with E-state index in [0.29, 0.717) is 12.5 Å². The van der Waals surface area contributed by atoms with E-state index in [1.54, 1.807) is 0 Å². The molecular formula is C13H13NO. The van der Waals surface area contributed by atoms with Crippen LogP contribution in [0.15, 0.2) is 24.3 Å². The summed E-state index contributed by atoms with van der Waals surface area (Å²) in [5.74, 6) is 1.30. The average molecular weight is 199 g/mol. The maximum atomic E-state index is 9.32. The Morgan fingerprint density at radius 3 is 2.87 bits per heavy atom. The third kappa shape index (κ3) is 0.802. The van der Waals surface area contributed by atoms with Crippen LogP contribution in [0.5, 0.6) is 5.75 Å². The van der Waals surface area contributed by atoms with Gasteiger partial charge in [-0.15, -0.1) is 0 Å². The highest BCUT2D eigenvalue weighted by molar-refractivity contribution is 5.51. The molecule has 2 atom stereocenters. The predicted octanol–water partition coefficient (Wildman–Crippen LogP) is 2.71. The SMILES string of the molecule is CC1(C)C2c3ccccc3OCC21C#N. The third-order valence-corrected chi connectivity index (χ3v) is 4.17. The minimum Gasteiger partial charge on any atom is -0.492 e. The third-order valence-electron chi connectivity index (χ3n) is 4.17. The molecule has 0 aromatic heterocycles. The fourth-order valence-corrected chi connectivity index (χ4v) is 3.06. The van der Waals surface area contributed by atoms with Crippen LogP contribution < -0.4 is 4.74 Å². The van der Waals surface area contributed by atoms with Gasteiger partial charge in [0.25, 0.3) is 0 Å². The molecule has 1 aliphatic carbocycles. The van der Waals surface area contributed by atoms with Crippen LogP contribution in [-0.2, 0) is 0 Å². The first-order valence-electron chi connectivity index (χ1n) is 5.26. The van der Waals surface area contributed by atoms with Crippen molar-refractivity contribution in [2.45, 2.75) is 19.8 Å². The van der Waals surface area contributed by atoms with Crippen molar-refractivity contribution in [1.29, 1.82) is 5.26 Å². The molecule has 15 heavy (non-hydrogen) atoms. The van der Waals surface area contributed by atoms with Crippen molar-refractivity contribution in [3.05, 3.63) is 29.8 Å². The molecule has 1 heterocycles. The molecule has 1 fully saturated rings. The number of hydrogen-bond donors (Lipinski definition) is 0. The van der Waals surface area contributed by atoms with E-state index >= 15 is 0 Å². The van der Waals surface area contributed by atoms with E-state index in [1.165, 1.54) is 5.56 Å². The van der Waals surface area contributed by atoms with E-state index in [1.807, 2.05) is 18.2 Å². The van der Waals surface area contributed by atoms with Crippen LogP contribution in [0.3, 0.4) is 0 Å². The lowest BCUT2D eigenvalue weighted by Gasteiger charge is -2.19. The van der Waals surface area contributed by atoms with Gasteiger partial charge in [0, 0.05) is 5.92 Å². The van der Waals surface area contributed by atoms with E-state index in [-0.39, 0.29) is 10.8 Å². The molecule has 2 heteroatoms. The lowest BCUT2D eigenvalue weighted by Crippen LogP contribution is -2.20. The van der Waals surface area contributed by atoms with Crippen LogP contribution in [-0.4, -0.2) is 6.61 Å². The zero-order chi connectivity index (χ0) is 10.7. The molecule has 0 N–H and O–H groups in total. The topological polar surface area (TPSA) is 33.0 Å². The van der Waals surface area contributed by atoms with E-state index < -0.39 is 0 Å². The number of rotatable bonds is 0. The number of fused-ring (bicyclic) bond motifs is 3. The fourth-order valence-electron chi connectivity index (χ4n) is 3.06. The standard InChI is InChI=1S/C13H13NO/c1-12(2)11-9-5-3-4-6-10(9)15-8-13(11,12)7-14/h3-6,11H,8H2,1-2H3. The van der Waals surface area contributed by atoms with Crippen LogP contribution in [0.4, 0.5) is 0 Å². The number of nitriles is 1. The highest BCUT2D eigenvalue weighted by atomic mass is 16.5. The molecule has 0 saturated heterocycles. The normalized spacial score (nSPS) is 34.3. The van der Waals surface area contributed by atoms with E-state index in [2.05, 4.69) is 26.0 Å². The number of ether oxygens (including phenoxy) is 1. The molecule has 2 nitrogen and oxygen atoms in total. The van der Waals surface area contributed by atoms with Crippen molar-refractivity contribution in [3.8, 4) is 11.8 Å². The molecule has 1 aliphatic heterocycles. The maximum absolute atomic E-state index is 9.32. The van der Waals surface area contributed by atoms with Crippen LogP contribution in [0.2, 0.25) is 0 Å². The monoisotopic (exact) mass is 199 g/mol. The molecule has 2 aliphatic rings. The first-order valence-corrected chi connectivity index (χ1v) is 5.26. The molecule has 0 spiro atoms. The van der Waals surface area contributed by atoms with Gasteiger partial charge in [-0.3, -0.25) is 0 Å². The Bertz CT molecular complexity index is 472. The van der Waals surface area contributed by atoms with Gasteiger partial charge in [0.05, 0.1) is 6.07 Å². The minimum absolute atomic E-state index is 0.0500. The second-order valence-electron chi connectivity index (χ2n) is 5.06. The Morgan fingerprint density at radius 1 is 1.40 bits per heavy atom. The molecule has 2 unspecified atom stereocenters. The summed E-state index contributed by atoms with van der Waals surface area (Å²) in [7, 11) is 0. The van der Waals surface area contributed by atoms with Gasteiger partial charge in [0.15, 0.2) is 0 Å². The summed E-state index contributed by atoms with van der Waals surface area (Å²) < 4.78 is 5.68. The quantitative estimate of drug-likeness (QED) is 0.643. The smallest absolute Gasteiger partial charge is 0.122 e. The van der Waals surface area contributed by atoms with Crippen LogP contribution in [0, 0.1) is 22.2 Å². The van der Waals surface area contributed by atoms with E-state index in [9.17, 15) is 5.26 Å². The lowest BCUT2D eigenvalue weighted by atomic mass is 9.97. The first-order chi connectivity index (χ1) is 7.13. The Labute approximate surface area is 89.5 Å². The molecule has 1 saturated carbocycles. The molecule has 1 aromatic carbocycles. The van der Waals surface area contributed by atoms with Gasteiger partial charge in [-0.1, -0.05) is 32.0 Å². The molecular weight excluding hydrogens is 186 g/mol. The molecule has 76 valence electrons.